The van der Waals surface area contributed by atoms with Crippen molar-refractivity contribution in [3.63, 3.8) is 0 Å². The molecule has 4 aliphatic rings. The molecule has 4 bridgehead atoms. The van der Waals surface area contributed by atoms with E-state index in [1.807, 2.05) is 10.9 Å². The first-order chi connectivity index (χ1) is 8.21. The molecule has 2 aliphatic carbocycles. The van der Waals surface area contributed by atoms with E-state index in [4.69, 9.17) is 16.3 Å². The van der Waals surface area contributed by atoms with Gasteiger partial charge in [0.25, 0.3) is 0 Å². The summed E-state index contributed by atoms with van der Waals surface area (Å²) in [6.45, 7) is 0.878. The number of nitrogens with zero attached hydrogens (tertiary/aromatic N) is 2. The maximum Gasteiger partial charge on any atom is 0.0886 e. The molecule has 2 atom stereocenters. The fourth-order valence-corrected chi connectivity index (χ4v) is 4.56. The lowest BCUT2D eigenvalue weighted by molar-refractivity contribution is -0.226. The van der Waals surface area contributed by atoms with Crippen molar-refractivity contribution in [2.45, 2.75) is 50.4 Å². The molecule has 0 aromatic carbocycles. The zero-order valence-electron chi connectivity index (χ0n) is 9.81. The first kappa shape index (κ1) is 10.4. The number of rotatable bonds is 2. The molecule has 17 heavy (non-hydrogen) atoms. The maximum absolute atomic E-state index is 6.32. The van der Waals surface area contributed by atoms with Crippen molar-refractivity contribution in [1.82, 2.24) is 9.78 Å². The van der Waals surface area contributed by atoms with Gasteiger partial charge in [-0.15, -0.1) is 0 Å². The van der Waals surface area contributed by atoms with Gasteiger partial charge in [-0.2, -0.15) is 5.10 Å². The summed E-state index contributed by atoms with van der Waals surface area (Å²) in [4.78, 5) is 0. The Labute approximate surface area is 106 Å². The molecule has 5 rings (SSSR count). The molecule has 1 aromatic rings. The van der Waals surface area contributed by atoms with E-state index in [1.165, 1.54) is 32.1 Å². The number of ether oxygens (including phenoxy) is 1. The minimum atomic E-state index is 0.0596. The number of hydrogen-bond donors (Lipinski definition) is 0. The van der Waals surface area contributed by atoms with Gasteiger partial charge < -0.3 is 4.74 Å². The Morgan fingerprint density at radius 2 is 2.12 bits per heavy atom. The van der Waals surface area contributed by atoms with Crippen LogP contribution in [0, 0.1) is 11.8 Å². The van der Waals surface area contributed by atoms with Crippen LogP contribution in [0.15, 0.2) is 12.4 Å². The Kier molecular flexibility index (Phi) is 2.13. The predicted molar refractivity (Wildman–Crippen MR) is 64.9 cm³/mol. The average Bonchev–Trinajstić information content (AvgIpc) is 2.60. The van der Waals surface area contributed by atoms with Crippen molar-refractivity contribution in [3.8, 4) is 0 Å². The molecule has 4 fully saturated rings. The van der Waals surface area contributed by atoms with Crippen molar-refractivity contribution in [3.05, 3.63) is 17.4 Å². The van der Waals surface area contributed by atoms with E-state index in [-0.39, 0.29) is 5.60 Å². The summed E-state index contributed by atoms with van der Waals surface area (Å²) in [6, 6.07) is 0. The van der Waals surface area contributed by atoms with Gasteiger partial charge in [0, 0.05) is 6.20 Å². The van der Waals surface area contributed by atoms with Crippen LogP contribution in [0.2, 0.25) is 5.02 Å². The zero-order chi connectivity index (χ0) is 11.5. The van der Waals surface area contributed by atoms with Crippen LogP contribution in [0.3, 0.4) is 0 Å². The molecule has 92 valence electrons. The molecule has 2 aliphatic heterocycles. The molecular weight excluding hydrogens is 236 g/mol. The third kappa shape index (κ3) is 1.71. The van der Waals surface area contributed by atoms with Gasteiger partial charge in [-0.1, -0.05) is 11.6 Å². The largest absolute Gasteiger partial charge is 0.370 e. The standard InChI is InChI=1S/C13H17ClN2O/c14-11-6-15-16(7-11)8-13-4-9-1-10(5-13)3-12(2-9)17-13/h6-7,9-10,12H,1-5,8H2. The molecule has 1 aromatic heterocycles. The second-order valence-corrected chi connectivity index (χ2v) is 6.56. The van der Waals surface area contributed by atoms with Crippen LogP contribution in [-0.2, 0) is 11.3 Å². The highest BCUT2D eigenvalue weighted by atomic mass is 35.5. The van der Waals surface area contributed by atoms with Gasteiger partial charge in [-0.3, -0.25) is 4.68 Å². The molecule has 0 spiro atoms. The molecule has 0 radical (unpaired) electrons. The first-order valence-electron chi connectivity index (χ1n) is 6.57. The van der Waals surface area contributed by atoms with Gasteiger partial charge in [0.1, 0.15) is 0 Å². The second kappa shape index (κ2) is 3.48. The number of hydrogen-bond acceptors (Lipinski definition) is 2. The minimum Gasteiger partial charge on any atom is -0.370 e. The Hall–Kier alpha value is -0.540. The van der Waals surface area contributed by atoms with Gasteiger partial charge in [0.15, 0.2) is 0 Å². The van der Waals surface area contributed by atoms with Gasteiger partial charge in [0.05, 0.1) is 29.5 Å². The summed E-state index contributed by atoms with van der Waals surface area (Å²) in [7, 11) is 0. The normalized spacial score (nSPS) is 43.2. The molecule has 3 heterocycles. The molecule has 2 unspecified atom stereocenters. The van der Waals surface area contributed by atoms with E-state index in [9.17, 15) is 0 Å². The molecule has 0 N–H and O–H groups in total. The van der Waals surface area contributed by atoms with Crippen LogP contribution < -0.4 is 0 Å². The van der Waals surface area contributed by atoms with Gasteiger partial charge in [0.2, 0.25) is 0 Å². The third-order valence-electron chi connectivity index (χ3n) is 4.65. The van der Waals surface area contributed by atoms with Crippen molar-refractivity contribution in [1.29, 1.82) is 0 Å². The van der Waals surface area contributed by atoms with Crippen LogP contribution >= 0.6 is 11.6 Å². The molecular formula is C13H17ClN2O. The average molecular weight is 253 g/mol. The number of aromatic nitrogens is 2. The van der Waals surface area contributed by atoms with E-state index in [1.54, 1.807) is 6.20 Å². The van der Waals surface area contributed by atoms with Crippen LogP contribution in [0.25, 0.3) is 0 Å². The highest BCUT2D eigenvalue weighted by Crippen LogP contribution is 2.53. The molecule has 0 amide bonds. The lowest BCUT2D eigenvalue weighted by Gasteiger charge is -2.56. The smallest absolute Gasteiger partial charge is 0.0886 e. The Morgan fingerprint density at radius 1 is 1.35 bits per heavy atom. The molecule has 4 heteroatoms. The Balaban J connectivity index is 1.60. The fraction of sp³-hybridized carbons (Fsp3) is 0.769. The Bertz CT molecular complexity index is 407. The summed E-state index contributed by atoms with van der Waals surface area (Å²) >= 11 is 5.92. The third-order valence-corrected chi connectivity index (χ3v) is 4.84. The van der Waals surface area contributed by atoms with Gasteiger partial charge in [-0.05, 0) is 43.9 Å². The lowest BCUT2D eigenvalue weighted by Crippen LogP contribution is -2.56. The van der Waals surface area contributed by atoms with Crippen LogP contribution in [0.4, 0.5) is 0 Å². The van der Waals surface area contributed by atoms with Gasteiger partial charge >= 0.3 is 0 Å². The summed E-state index contributed by atoms with van der Waals surface area (Å²) < 4.78 is 8.27. The Morgan fingerprint density at radius 3 is 2.71 bits per heavy atom. The van der Waals surface area contributed by atoms with E-state index >= 15 is 0 Å². The summed E-state index contributed by atoms with van der Waals surface area (Å²) in [5.41, 5.74) is 0.0596. The fourth-order valence-electron chi connectivity index (χ4n) is 4.40. The highest BCUT2D eigenvalue weighted by Gasteiger charge is 2.52. The zero-order valence-corrected chi connectivity index (χ0v) is 10.6. The van der Waals surface area contributed by atoms with E-state index < -0.39 is 0 Å². The molecule has 2 saturated heterocycles. The second-order valence-electron chi connectivity index (χ2n) is 6.13. The molecule has 2 saturated carbocycles. The van der Waals surface area contributed by atoms with E-state index in [2.05, 4.69) is 5.10 Å². The topological polar surface area (TPSA) is 27.1 Å². The van der Waals surface area contributed by atoms with Crippen molar-refractivity contribution in [2.24, 2.45) is 11.8 Å². The van der Waals surface area contributed by atoms with Crippen molar-refractivity contribution in [2.75, 3.05) is 0 Å². The van der Waals surface area contributed by atoms with Crippen molar-refractivity contribution >= 4 is 11.6 Å². The highest BCUT2D eigenvalue weighted by molar-refractivity contribution is 6.30. The monoisotopic (exact) mass is 252 g/mol. The molecule has 3 nitrogen and oxygen atoms in total. The quantitative estimate of drug-likeness (QED) is 0.809. The first-order valence-corrected chi connectivity index (χ1v) is 6.94. The summed E-state index contributed by atoms with van der Waals surface area (Å²) in [6.07, 6.45) is 10.6. The predicted octanol–water partition coefficient (Wildman–Crippen LogP) is 2.88. The van der Waals surface area contributed by atoms with Crippen LogP contribution in [0.1, 0.15) is 32.1 Å². The van der Waals surface area contributed by atoms with E-state index in [0.29, 0.717) is 6.10 Å². The number of halogens is 1. The summed E-state index contributed by atoms with van der Waals surface area (Å²) in [5.74, 6) is 1.79. The maximum atomic E-state index is 6.32. The lowest BCUT2D eigenvalue weighted by atomic mass is 9.62. The van der Waals surface area contributed by atoms with Crippen LogP contribution in [0.5, 0.6) is 0 Å². The van der Waals surface area contributed by atoms with Crippen LogP contribution in [-0.4, -0.2) is 21.5 Å². The van der Waals surface area contributed by atoms with Gasteiger partial charge in [-0.25, -0.2) is 0 Å². The summed E-state index contributed by atoms with van der Waals surface area (Å²) in [5, 5.41) is 5.01. The van der Waals surface area contributed by atoms with E-state index in [0.717, 1.165) is 23.4 Å². The van der Waals surface area contributed by atoms with Crippen molar-refractivity contribution < 1.29 is 4.74 Å². The minimum absolute atomic E-state index is 0.0596. The SMILES string of the molecule is Clc1cnn(CC23CC4CC(CC(C4)O2)C3)c1.